The number of allylic oxidation sites excluding steroid dienone is 4. The van der Waals surface area contributed by atoms with Gasteiger partial charge < -0.3 is 9.47 Å². The molecule has 0 spiro atoms. The van der Waals surface area contributed by atoms with Gasteiger partial charge >= 0.3 is 11.9 Å². The first-order valence-electron chi connectivity index (χ1n) is 8.78. The standard InChI is InChI=1S/C20H24Cl4O4/c1-3-5-7-9-11-27-19(25)13-14(16(22)18(24)17(23)15(13)21)20(26)28-12-10-8-6-4-2/h3-4,7-10,13-18H,1-2,5-6,11-12H2/b9-7-,10-8?. The summed E-state index contributed by atoms with van der Waals surface area (Å²) in [4.78, 5) is 25.2. The maximum Gasteiger partial charge on any atom is 0.311 e. The van der Waals surface area contributed by atoms with Crippen LogP contribution in [0.1, 0.15) is 12.8 Å². The molecule has 6 unspecified atom stereocenters. The lowest BCUT2D eigenvalue weighted by molar-refractivity contribution is -0.160. The van der Waals surface area contributed by atoms with E-state index in [4.69, 9.17) is 55.9 Å². The van der Waals surface area contributed by atoms with Gasteiger partial charge in [-0.1, -0.05) is 36.5 Å². The lowest BCUT2D eigenvalue weighted by Crippen LogP contribution is -2.56. The first kappa shape index (κ1) is 25.1. The lowest BCUT2D eigenvalue weighted by Gasteiger charge is -2.40. The summed E-state index contributed by atoms with van der Waals surface area (Å²) >= 11 is 25.2. The predicted octanol–water partition coefficient (Wildman–Crippen LogP) is 5.01. The second-order valence-electron chi connectivity index (χ2n) is 6.08. The molecule has 0 bridgehead atoms. The Kier molecular flexibility index (Phi) is 11.9. The first-order chi connectivity index (χ1) is 13.4. The molecule has 1 saturated carbocycles. The van der Waals surface area contributed by atoms with Crippen LogP contribution in [0.15, 0.2) is 49.6 Å². The molecule has 6 atom stereocenters. The number of ether oxygens (including phenoxy) is 2. The molecule has 0 aromatic rings. The zero-order valence-electron chi connectivity index (χ0n) is 15.3. The molecule has 156 valence electrons. The molecule has 0 saturated heterocycles. The highest BCUT2D eigenvalue weighted by Crippen LogP contribution is 2.43. The van der Waals surface area contributed by atoms with Crippen molar-refractivity contribution < 1.29 is 19.1 Å². The largest absolute Gasteiger partial charge is 0.461 e. The number of esters is 2. The summed E-state index contributed by atoms with van der Waals surface area (Å²) in [6.45, 7) is 7.24. The quantitative estimate of drug-likeness (QED) is 0.256. The molecule has 8 heteroatoms. The Balaban J connectivity index is 2.89. The molecule has 0 radical (unpaired) electrons. The van der Waals surface area contributed by atoms with Crippen LogP contribution in [0.3, 0.4) is 0 Å². The van der Waals surface area contributed by atoms with Gasteiger partial charge in [-0.05, 0) is 12.8 Å². The highest BCUT2D eigenvalue weighted by Gasteiger charge is 2.55. The van der Waals surface area contributed by atoms with E-state index in [1.54, 1.807) is 36.5 Å². The number of alkyl halides is 4. The van der Waals surface area contributed by atoms with Crippen LogP contribution in [0.2, 0.25) is 0 Å². The van der Waals surface area contributed by atoms with Crippen LogP contribution >= 0.6 is 46.4 Å². The van der Waals surface area contributed by atoms with Gasteiger partial charge in [-0.15, -0.1) is 59.6 Å². The van der Waals surface area contributed by atoms with Crippen molar-refractivity contribution in [3.63, 3.8) is 0 Å². The third kappa shape index (κ3) is 7.14. The zero-order chi connectivity index (χ0) is 21.1. The normalized spacial score (nSPS) is 30.3. The Morgan fingerprint density at radius 2 is 1.04 bits per heavy atom. The third-order valence-electron chi connectivity index (χ3n) is 4.11. The third-order valence-corrected chi connectivity index (χ3v) is 6.67. The Labute approximate surface area is 186 Å². The molecule has 28 heavy (non-hydrogen) atoms. The van der Waals surface area contributed by atoms with Gasteiger partial charge in [0.15, 0.2) is 0 Å². The Bertz CT molecular complexity index is 553. The summed E-state index contributed by atoms with van der Waals surface area (Å²) < 4.78 is 10.5. The molecule has 0 N–H and O–H groups in total. The fourth-order valence-electron chi connectivity index (χ4n) is 2.67. The number of rotatable bonds is 10. The van der Waals surface area contributed by atoms with E-state index in [0.29, 0.717) is 12.8 Å². The van der Waals surface area contributed by atoms with Crippen LogP contribution in [-0.2, 0) is 19.1 Å². The molecule has 1 fully saturated rings. The van der Waals surface area contributed by atoms with Crippen molar-refractivity contribution in [2.75, 3.05) is 13.2 Å². The van der Waals surface area contributed by atoms with Crippen molar-refractivity contribution in [2.24, 2.45) is 11.8 Å². The summed E-state index contributed by atoms with van der Waals surface area (Å²) in [7, 11) is 0. The molecule has 0 aromatic heterocycles. The minimum atomic E-state index is -1.07. The number of hydrogen-bond donors (Lipinski definition) is 0. The minimum Gasteiger partial charge on any atom is -0.461 e. The van der Waals surface area contributed by atoms with Crippen molar-refractivity contribution in [3.05, 3.63) is 49.6 Å². The summed E-state index contributed by atoms with van der Waals surface area (Å²) in [5, 5.41) is -3.48. The molecule has 4 nitrogen and oxygen atoms in total. The second-order valence-corrected chi connectivity index (χ2v) is 8.10. The van der Waals surface area contributed by atoms with E-state index in [-0.39, 0.29) is 13.2 Å². The average Bonchev–Trinajstić information content (AvgIpc) is 2.68. The smallest absolute Gasteiger partial charge is 0.311 e. The van der Waals surface area contributed by atoms with Crippen LogP contribution in [0.4, 0.5) is 0 Å². The monoisotopic (exact) mass is 468 g/mol. The van der Waals surface area contributed by atoms with Gasteiger partial charge in [-0.2, -0.15) is 0 Å². The Morgan fingerprint density at radius 3 is 1.36 bits per heavy atom. The van der Waals surface area contributed by atoms with Crippen LogP contribution < -0.4 is 0 Å². The maximum atomic E-state index is 12.6. The van der Waals surface area contributed by atoms with E-state index in [9.17, 15) is 9.59 Å². The minimum absolute atomic E-state index is 0.0308. The fourth-order valence-corrected chi connectivity index (χ4v) is 4.28. The fraction of sp³-hybridized carbons (Fsp3) is 0.500. The topological polar surface area (TPSA) is 52.6 Å². The molecule has 0 heterocycles. The summed E-state index contributed by atoms with van der Waals surface area (Å²) in [5.74, 6) is -3.49. The molecule has 1 aliphatic rings. The molecule has 1 rings (SSSR count). The van der Waals surface area contributed by atoms with Crippen molar-refractivity contribution in [2.45, 2.75) is 34.3 Å². The van der Waals surface area contributed by atoms with Gasteiger partial charge in [-0.25, -0.2) is 0 Å². The van der Waals surface area contributed by atoms with E-state index in [2.05, 4.69) is 13.2 Å². The highest BCUT2D eigenvalue weighted by atomic mass is 35.5. The van der Waals surface area contributed by atoms with Crippen molar-refractivity contribution >= 4 is 58.3 Å². The SMILES string of the molecule is C=CCC=CCOC(=O)C1C(Cl)C(Cl)C(Cl)C(Cl)C1C(=O)OC/C=C\CC=C. The van der Waals surface area contributed by atoms with E-state index in [1.807, 2.05) is 0 Å². The summed E-state index contributed by atoms with van der Waals surface area (Å²) in [5.41, 5.74) is 0. The van der Waals surface area contributed by atoms with Crippen LogP contribution in [0.5, 0.6) is 0 Å². The zero-order valence-corrected chi connectivity index (χ0v) is 18.3. The summed E-state index contributed by atoms with van der Waals surface area (Å²) in [6.07, 6.45) is 11.6. The summed E-state index contributed by atoms with van der Waals surface area (Å²) in [6, 6.07) is 0. The highest BCUT2D eigenvalue weighted by molar-refractivity contribution is 6.39. The first-order valence-corrected chi connectivity index (χ1v) is 10.5. The Morgan fingerprint density at radius 1 is 0.679 bits per heavy atom. The molecule has 0 aliphatic heterocycles. The van der Waals surface area contributed by atoms with Gasteiger partial charge in [0.05, 0.1) is 33.3 Å². The maximum absolute atomic E-state index is 12.6. The van der Waals surface area contributed by atoms with Gasteiger partial charge in [-0.3, -0.25) is 9.59 Å². The van der Waals surface area contributed by atoms with Gasteiger partial charge in [0, 0.05) is 0 Å². The van der Waals surface area contributed by atoms with Gasteiger partial charge in [0.25, 0.3) is 0 Å². The number of carbonyl (C=O) groups is 2. The molecule has 0 aromatic carbocycles. The van der Waals surface area contributed by atoms with Crippen molar-refractivity contribution in [3.8, 4) is 0 Å². The van der Waals surface area contributed by atoms with Crippen LogP contribution in [-0.4, -0.2) is 46.7 Å². The van der Waals surface area contributed by atoms with E-state index < -0.39 is 45.3 Å². The predicted molar refractivity (Wildman–Crippen MR) is 115 cm³/mol. The van der Waals surface area contributed by atoms with E-state index in [0.717, 1.165) is 0 Å². The molecule has 0 amide bonds. The average molecular weight is 470 g/mol. The number of halogens is 4. The van der Waals surface area contributed by atoms with Gasteiger partial charge in [0.1, 0.15) is 13.2 Å². The van der Waals surface area contributed by atoms with Crippen LogP contribution in [0, 0.1) is 11.8 Å². The molecule has 1 aliphatic carbocycles. The lowest BCUT2D eigenvalue weighted by atomic mass is 9.77. The number of carbonyl (C=O) groups excluding carboxylic acids is 2. The van der Waals surface area contributed by atoms with Crippen molar-refractivity contribution in [1.82, 2.24) is 0 Å². The molecular formula is C20H24Cl4O4. The second kappa shape index (κ2) is 13.3. The van der Waals surface area contributed by atoms with E-state index >= 15 is 0 Å². The molecular weight excluding hydrogens is 446 g/mol. The van der Waals surface area contributed by atoms with Crippen LogP contribution in [0.25, 0.3) is 0 Å². The Hall–Kier alpha value is -0.940. The van der Waals surface area contributed by atoms with Crippen molar-refractivity contribution in [1.29, 1.82) is 0 Å². The van der Waals surface area contributed by atoms with E-state index in [1.165, 1.54) is 0 Å². The van der Waals surface area contributed by atoms with Gasteiger partial charge in [0.2, 0.25) is 0 Å². The number of hydrogen-bond acceptors (Lipinski definition) is 4.